The number of anilines is 1. The Hall–Kier alpha value is -3.25. The SMILES string of the molecule is Cc1cccc(-n2nc(C(=O)Nc3ccc(Br)cc3C)nc2-c2ccccc2)c1. The zero-order valence-corrected chi connectivity index (χ0v) is 17.6. The highest BCUT2D eigenvalue weighted by Gasteiger charge is 2.19. The van der Waals surface area contributed by atoms with Gasteiger partial charge in [-0.05, 0) is 55.3 Å². The number of hydrogen-bond acceptors (Lipinski definition) is 3. The van der Waals surface area contributed by atoms with E-state index in [0.29, 0.717) is 5.82 Å². The second-order valence-corrected chi connectivity index (χ2v) is 7.70. The zero-order valence-electron chi connectivity index (χ0n) is 16.1. The number of amides is 1. The van der Waals surface area contributed by atoms with Crippen molar-refractivity contribution in [1.29, 1.82) is 0 Å². The van der Waals surface area contributed by atoms with E-state index in [1.54, 1.807) is 4.68 Å². The fourth-order valence-electron chi connectivity index (χ4n) is 3.07. The summed E-state index contributed by atoms with van der Waals surface area (Å²) >= 11 is 3.44. The number of rotatable bonds is 4. The lowest BCUT2D eigenvalue weighted by Crippen LogP contribution is -2.15. The van der Waals surface area contributed by atoms with Gasteiger partial charge in [0.1, 0.15) is 0 Å². The van der Waals surface area contributed by atoms with Gasteiger partial charge in [0.15, 0.2) is 5.82 Å². The summed E-state index contributed by atoms with van der Waals surface area (Å²) in [5, 5.41) is 7.44. The van der Waals surface area contributed by atoms with Gasteiger partial charge in [0, 0.05) is 15.7 Å². The first-order chi connectivity index (χ1) is 14.0. The summed E-state index contributed by atoms with van der Waals surface area (Å²) < 4.78 is 2.67. The molecule has 1 amide bonds. The highest BCUT2D eigenvalue weighted by Crippen LogP contribution is 2.23. The molecule has 0 atom stereocenters. The molecule has 1 N–H and O–H groups in total. The lowest BCUT2D eigenvalue weighted by molar-refractivity contribution is 0.101. The number of aromatic nitrogens is 3. The number of nitrogens with one attached hydrogen (secondary N) is 1. The van der Waals surface area contributed by atoms with E-state index in [1.807, 2.05) is 86.6 Å². The topological polar surface area (TPSA) is 59.8 Å². The average molecular weight is 447 g/mol. The van der Waals surface area contributed by atoms with Gasteiger partial charge in [-0.3, -0.25) is 4.79 Å². The molecule has 4 aromatic rings. The molecule has 0 saturated carbocycles. The van der Waals surface area contributed by atoms with Gasteiger partial charge in [-0.1, -0.05) is 58.4 Å². The monoisotopic (exact) mass is 446 g/mol. The lowest BCUT2D eigenvalue weighted by Gasteiger charge is -2.07. The Morgan fingerprint density at radius 1 is 0.966 bits per heavy atom. The summed E-state index contributed by atoms with van der Waals surface area (Å²) in [6.07, 6.45) is 0. The second-order valence-electron chi connectivity index (χ2n) is 6.79. The molecule has 1 aromatic heterocycles. The Morgan fingerprint density at radius 3 is 2.48 bits per heavy atom. The normalized spacial score (nSPS) is 10.7. The Kier molecular flexibility index (Phi) is 5.27. The minimum Gasteiger partial charge on any atom is -0.319 e. The van der Waals surface area contributed by atoms with Crippen LogP contribution >= 0.6 is 15.9 Å². The van der Waals surface area contributed by atoms with Crippen LogP contribution < -0.4 is 5.32 Å². The molecular formula is C23H19BrN4O. The summed E-state index contributed by atoms with van der Waals surface area (Å²) in [4.78, 5) is 17.4. The quantitative estimate of drug-likeness (QED) is 0.445. The van der Waals surface area contributed by atoms with Crippen LogP contribution in [-0.2, 0) is 0 Å². The van der Waals surface area contributed by atoms with Crippen molar-refractivity contribution in [2.45, 2.75) is 13.8 Å². The molecule has 0 aliphatic carbocycles. The Bertz CT molecular complexity index is 1180. The number of nitrogens with zero attached hydrogens (tertiary/aromatic N) is 3. The van der Waals surface area contributed by atoms with Crippen molar-refractivity contribution in [3.8, 4) is 17.1 Å². The molecule has 4 rings (SSSR count). The van der Waals surface area contributed by atoms with Crippen molar-refractivity contribution in [3.05, 3.63) is 94.2 Å². The summed E-state index contributed by atoms with van der Waals surface area (Å²) in [7, 11) is 0. The largest absolute Gasteiger partial charge is 0.319 e. The molecule has 144 valence electrons. The predicted octanol–water partition coefficient (Wildman–Crippen LogP) is 5.57. The maximum atomic E-state index is 12.9. The molecule has 1 heterocycles. The molecule has 0 radical (unpaired) electrons. The van der Waals surface area contributed by atoms with Gasteiger partial charge in [0.2, 0.25) is 5.82 Å². The van der Waals surface area contributed by atoms with E-state index in [0.717, 1.165) is 32.5 Å². The minimum atomic E-state index is -0.348. The van der Waals surface area contributed by atoms with Crippen molar-refractivity contribution in [2.24, 2.45) is 0 Å². The minimum absolute atomic E-state index is 0.118. The van der Waals surface area contributed by atoms with E-state index < -0.39 is 0 Å². The highest BCUT2D eigenvalue weighted by molar-refractivity contribution is 9.10. The molecule has 3 aromatic carbocycles. The molecule has 5 nitrogen and oxygen atoms in total. The Balaban J connectivity index is 1.75. The lowest BCUT2D eigenvalue weighted by atomic mass is 10.2. The number of benzene rings is 3. The highest BCUT2D eigenvalue weighted by atomic mass is 79.9. The molecule has 0 bridgehead atoms. The first-order valence-electron chi connectivity index (χ1n) is 9.18. The summed E-state index contributed by atoms with van der Waals surface area (Å²) in [5.74, 6) is 0.389. The van der Waals surface area contributed by atoms with Crippen LogP contribution in [0.2, 0.25) is 0 Å². The standard InChI is InChI=1S/C23H19BrN4O/c1-15-7-6-10-19(13-15)28-22(17-8-4-3-5-9-17)26-21(27-28)23(29)25-20-12-11-18(24)14-16(20)2/h3-14H,1-2H3,(H,25,29). The average Bonchev–Trinajstić information content (AvgIpc) is 3.16. The molecular weight excluding hydrogens is 428 g/mol. The number of halogens is 1. The van der Waals surface area contributed by atoms with Crippen LogP contribution in [0.4, 0.5) is 5.69 Å². The molecule has 29 heavy (non-hydrogen) atoms. The molecule has 0 aliphatic rings. The van der Waals surface area contributed by atoms with Crippen molar-refractivity contribution < 1.29 is 4.79 Å². The molecule has 0 aliphatic heterocycles. The van der Waals surface area contributed by atoms with Crippen molar-refractivity contribution in [3.63, 3.8) is 0 Å². The third-order valence-electron chi connectivity index (χ3n) is 4.53. The number of carbonyl (C=O) groups is 1. The maximum Gasteiger partial charge on any atom is 0.295 e. The van der Waals surface area contributed by atoms with Gasteiger partial charge in [0.25, 0.3) is 5.91 Å². The first-order valence-corrected chi connectivity index (χ1v) is 9.97. The molecule has 0 unspecified atom stereocenters. The van der Waals surface area contributed by atoms with E-state index in [9.17, 15) is 4.79 Å². The molecule has 0 saturated heterocycles. The Labute approximate surface area is 177 Å². The van der Waals surface area contributed by atoms with Crippen molar-refractivity contribution in [2.75, 3.05) is 5.32 Å². The van der Waals surface area contributed by atoms with Crippen LogP contribution in [0, 0.1) is 13.8 Å². The smallest absolute Gasteiger partial charge is 0.295 e. The van der Waals surface area contributed by atoms with Crippen LogP contribution in [0.5, 0.6) is 0 Å². The van der Waals surface area contributed by atoms with E-state index in [2.05, 4.69) is 31.3 Å². The van der Waals surface area contributed by atoms with Gasteiger partial charge in [0.05, 0.1) is 5.69 Å². The predicted molar refractivity (Wildman–Crippen MR) is 118 cm³/mol. The van der Waals surface area contributed by atoms with Crippen LogP contribution in [-0.4, -0.2) is 20.7 Å². The molecule has 6 heteroatoms. The van der Waals surface area contributed by atoms with E-state index >= 15 is 0 Å². The first kappa shape index (κ1) is 19.1. The summed E-state index contributed by atoms with van der Waals surface area (Å²) in [5.41, 5.74) is 4.53. The molecule has 0 spiro atoms. The van der Waals surface area contributed by atoms with E-state index in [-0.39, 0.29) is 11.7 Å². The summed E-state index contributed by atoms with van der Waals surface area (Å²) in [6, 6.07) is 23.4. The van der Waals surface area contributed by atoms with Crippen LogP contribution in [0.15, 0.2) is 77.3 Å². The van der Waals surface area contributed by atoms with E-state index in [1.165, 1.54) is 0 Å². The van der Waals surface area contributed by atoms with Gasteiger partial charge >= 0.3 is 0 Å². The second kappa shape index (κ2) is 8.01. The number of hydrogen-bond donors (Lipinski definition) is 1. The van der Waals surface area contributed by atoms with Crippen LogP contribution in [0.25, 0.3) is 17.1 Å². The third kappa shape index (κ3) is 4.12. The summed E-state index contributed by atoms with van der Waals surface area (Å²) in [6.45, 7) is 3.96. The van der Waals surface area contributed by atoms with Crippen LogP contribution in [0.1, 0.15) is 21.7 Å². The maximum absolute atomic E-state index is 12.9. The van der Waals surface area contributed by atoms with Gasteiger partial charge in [-0.25, -0.2) is 9.67 Å². The fourth-order valence-corrected chi connectivity index (χ4v) is 3.54. The fraction of sp³-hybridized carbons (Fsp3) is 0.0870. The Morgan fingerprint density at radius 2 is 1.76 bits per heavy atom. The third-order valence-corrected chi connectivity index (χ3v) is 5.02. The van der Waals surface area contributed by atoms with Gasteiger partial charge in [-0.2, -0.15) is 0 Å². The van der Waals surface area contributed by atoms with E-state index in [4.69, 9.17) is 0 Å². The van der Waals surface area contributed by atoms with Crippen LogP contribution in [0.3, 0.4) is 0 Å². The van der Waals surface area contributed by atoms with Crippen molar-refractivity contribution >= 4 is 27.5 Å². The zero-order chi connectivity index (χ0) is 20.4. The number of carbonyl (C=O) groups excluding carboxylic acids is 1. The van der Waals surface area contributed by atoms with Crippen molar-refractivity contribution in [1.82, 2.24) is 14.8 Å². The number of aryl methyl sites for hydroxylation is 2. The van der Waals surface area contributed by atoms with Gasteiger partial charge in [-0.15, -0.1) is 5.10 Å². The van der Waals surface area contributed by atoms with Gasteiger partial charge < -0.3 is 5.32 Å². The molecule has 0 fully saturated rings.